The van der Waals surface area contributed by atoms with Gasteiger partial charge in [-0.15, -0.1) is 10.2 Å². The minimum Gasteiger partial charge on any atom is -0.379 e. The van der Waals surface area contributed by atoms with Gasteiger partial charge >= 0.3 is 0 Å². The van der Waals surface area contributed by atoms with Crippen molar-refractivity contribution >= 4 is 16.5 Å². The molecule has 0 spiro atoms. The third-order valence-electron chi connectivity index (χ3n) is 4.90. The average Bonchev–Trinajstić information content (AvgIpc) is 3.18. The summed E-state index contributed by atoms with van der Waals surface area (Å²) in [6, 6.07) is 13.1. The predicted molar refractivity (Wildman–Crippen MR) is 109 cm³/mol. The Bertz CT molecular complexity index is 928. The summed E-state index contributed by atoms with van der Waals surface area (Å²) in [6.07, 6.45) is 0.608. The molecule has 1 aliphatic rings. The molecule has 1 aliphatic heterocycles. The molecule has 0 aliphatic carbocycles. The maximum Gasteiger partial charge on any atom is 0.205 e. The number of benzene rings is 2. The third kappa shape index (κ3) is 5.35. The largest absolute Gasteiger partial charge is 0.379 e. The van der Waals surface area contributed by atoms with Crippen LogP contribution >= 0.6 is 11.3 Å². The zero-order chi connectivity index (χ0) is 20.1. The molecule has 29 heavy (non-hydrogen) atoms. The van der Waals surface area contributed by atoms with Gasteiger partial charge in [-0.1, -0.05) is 35.6 Å². The average molecular weight is 416 g/mol. The van der Waals surface area contributed by atoms with E-state index >= 15 is 0 Å². The number of hydrogen-bond donors (Lipinski definition) is 1. The fourth-order valence-corrected chi connectivity index (χ4v) is 4.20. The molecule has 5 nitrogen and oxygen atoms in total. The summed E-state index contributed by atoms with van der Waals surface area (Å²) >= 11 is 1.47. The third-order valence-corrected chi connectivity index (χ3v) is 5.78. The van der Waals surface area contributed by atoms with Crippen molar-refractivity contribution in [3.8, 4) is 0 Å². The van der Waals surface area contributed by atoms with E-state index in [0.29, 0.717) is 26.2 Å². The van der Waals surface area contributed by atoms with Crippen LogP contribution in [0.1, 0.15) is 22.2 Å². The number of halogens is 2. The van der Waals surface area contributed by atoms with Crippen molar-refractivity contribution in [2.75, 3.05) is 38.2 Å². The van der Waals surface area contributed by atoms with Crippen LogP contribution in [-0.2, 0) is 11.2 Å². The Morgan fingerprint density at radius 2 is 1.83 bits per heavy atom. The second-order valence-corrected chi connectivity index (χ2v) is 7.97. The fraction of sp³-hybridized carbons (Fsp3) is 0.333. The normalized spacial score (nSPS) is 15.9. The summed E-state index contributed by atoms with van der Waals surface area (Å²) in [5.41, 5.74) is 1.91. The molecule has 1 N–H and O–H groups in total. The summed E-state index contributed by atoms with van der Waals surface area (Å²) in [5, 5.41) is 13.4. The number of ether oxygens (including phenoxy) is 1. The lowest BCUT2D eigenvalue weighted by molar-refractivity contribution is 0.0186. The SMILES string of the molecule is Fc1ccc(Cc2nnc(NCC(c3cccc(F)c3)N3CCOCC3)s2)cc1. The molecule has 1 atom stereocenters. The monoisotopic (exact) mass is 416 g/mol. The van der Waals surface area contributed by atoms with Gasteiger partial charge < -0.3 is 10.1 Å². The van der Waals surface area contributed by atoms with Crippen LogP contribution < -0.4 is 5.32 Å². The van der Waals surface area contributed by atoms with Crippen LogP contribution in [0.15, 0.2) is 48.5 Å². The molecular formula is C21H22F2N4OS. The first-order chi connectivity index (χ1) is 14.2. The van der Waals surface area contributed by atoms with E-state index in [-0.39, 0.29) is 17.7 Å². The molecule has 2 aromatic carbocycles. The van der Waals surface area contributed by atoms with Crippen molar-refractivity contribution in [3.63, 3.8) is 0 Å². The second kappa shape index (κ2) is 9.39. The Morgan fingerprint density at radius 1 is 1.03 bits per heavy atom. The first kappa shape index (κ1) is 19.9. The van der Waals surface area contributed by atoms with Gasteiger partial charge in [0.15, 0.2) is 0 Å². The quantitative estimate of drug-likeness (QED) is 0.633. The van der Waals surface area contributed by atoms with E-state index < -0.39 is 0 Å². The number of morpholine rings is 1. The van der Waals surface area contributed by atoms with E-state index in [1.165, 1.54) is 29.5 Å². The Morgan fingerprint density at radius 3 is 2.59 bits per heavy atom. The van der Waals surface area contributed by atoms with E-state index in [2.05, 4.69) is 20.4 Å². The standard InChI is InChI=1S/C21H22F2N4OS/c22-17-6-4-15(5-7-17)12-20-25-26-21(29-20)24-14-19(27-8-10-28-11-9-27)16-2-1-3-18(23)13-16/h1-7,13,19H,8-12,14H2,(H,24,26). The molecule has 0 bridgehead atoms. The lowest BCUT2D eigenvalue weighted by Gasteiger charge is -2.34. The zero-order valence-corrected chi connectivity index (χ0v) is 16.7. The van der Waals surface area contributed by atoms with Gasteiger partial charge in [-0.25, -0.2) is 8.78 Å². The van der Waals surface area contributed by atoms with Gasteiger partial charge in [0.1, 0.15) is 16.6 Å². The van der Waals surface area contributed by atoms with E-state index in [1.807, 2.05) is 6.07 Å². The van der Waals surface area contributed by atoms with Crippen molar-refractivity contribution in [1.29, 1.82) is 0 Å². The Kier molecular flexibility index (Phi) is 6.43. The molecular weight excluding hydrogens is 394 g/mol. The van der Waals surface area contributed by atoms with E-state index in [1.54, 1.807) is 24.3 Å². The zero-order valence-electron chi connectivity index (χ0n) is 15.9. The van der Waals surface area contributed by atoms with Gasteiger partial charge in [0.05, 0.1) is 19.3 Å². The van der Waals surface area contributed by atoms with Crippen LogP contribution in [-0.4, -0.2) is 47.9 Å². The van der Waals surface area contributed by atoms with Crippen molar-refractivity contribution in [1.82, 2.24) is 15.1 Å². The maximum atomic E-state index is 13.8. The number of rotatable bonds is 7. The van der Waals surface area contributed by atoms with Gasteiger partial charge in [0.25, 0.3) is 0 Å². The number of aromatic nitrogens is 2. The van der Waals surface area contributed by atoms with Gasteiger partial charge in [0.2, 0.25) is 5.13 Å². The lowest BCUT2D eigenvalue weighted by atomic mass is 10.0. The van der Waals surface area contributed by atoms with Gasteiger partial charge in [0, 0.05) is 26.1 Å². The van der Waals surface area contributed by atoms with Crippen LogP contribution in [0, 0.1) is 11.6 Å². The summed E-state index contributed by atoms with van der Waals surface area (Å²) in [7, 11) is 0. The van der Waals surface area contributed by atoms with Crippen molar-refractivity contribution < 1.29 is 13.5 Å². The van der Waals surface area contributed by atoms with Crippen LogP contribution in [0.5, 0.6) is 0 Å². The molecule has 1 fully saturated rings. The Balaban J connectivity index is 1.43. The molecule has 2 heterocycles. The first-order valence-corrected chi connectivity index (χ1v) is 10.4. The van der Waals surface area contributed by atoms with E-state index in [4.69, 9.17) is 4.74 Å². The molecule has 4 rings (SSSR count). The Labute approximate surface area is 172 Å². The molecule has 0 saturated carbocycles. The molecule has 152 valence electrons. The van der Waals surface area contributed by atoms with Crippen LogP contribution in [0.2, 0.25) is 0 Å². The van der Waals surface area contributed by atoms with Gasteiger partial charge in [-0.05, 0) is 35.4 Å². The molecule has 1 saturated heterocycles. The minimum atomic E-state index is -0.250. The lowest BCUT2D eigenvalue weighted by Crippen LogP contribution is -2.41. The number of hydrogen-bond acceptors (Lipinski definition) is 6. The molecule has 3 aromatic rings. The Hall–Kier alpha value is -2.42. The summed E-state index contributed by atoms with van der Waals surface area (Å²) in [5.74, 6) is -0.488. The highest BCUT2D eigenvalue weighted by Gasteiger charge is 2.23. The van der Waals surface area contributed by atoms with Crippen molar-refractivity contribution in [2.24, 2.45) is 0 Å². The van der Waals surface area contributed by atoms with Gasteiger partial charge in [-0.3, -0.25) is 4.90 Å². The summed E-state index contributed by atoms with van der Waals surface area (Å²) in [4.78, 5) is 2.30. The molecule has 1 aromatic heterocycles. The molecule has 0 amide bonds. The predicted octanol–water partition coefficient (Wildman–Crippen LogP) is 3.89. The molecule has 8 heteroatoms. The molecule has 0 radical (unpaired) electrons. The number of nitrogens with zero attached hydrogens (tertiary/aromatic N) is 3. The van der Waals surface area contributed by atoms with Crippen LogP contribution in [0.3, 0.4) is 0 Å². The molecule has 1 unspecified atom stereocenters. The number of nitrogens with one attached hydrogen (secondary N) is 1. The second-order valence-electron chi connectivity index (χ2n) is 6.90. The van der Waals surface area contributed by atoms with Crippen LogP contribution in [0.4, 0.5) is 13.9 Å². The van der Waals surface area contributed by atoms with Crippen molar-refractivity contribution in [2.45, 2.75) is 12.5 Å². The summed E-state index contributed by atoms with van der Waals surface area (Å²) in [6.45, 7) is 3.54. The summed E-state index contributed by atoms with van der Waals surface area (Å²) < 4.78 is 32.3. The van der Waals surface area contributed by atoms with Crippen molar-refractivity contribution in [3.05, 3.63) is 76.3 Å². The first-order valence-electron chi connectivity index (χ1n) is 9.55. The van der Waals surface area contributed by atoms with E-state index in [9.17, 15) is 8.78 Å². The highest BCUT2D eigenvalue weighted by Crippen LogP contribution is 2.25. The maximum absolute atomic E-state index is 13.8. The highest BCUT2D eigenvalue weighted by molar-refractivity contribution is 7.15. The van der Waals surface area contributed by atoms with Gasteiger partial charge in [-0.2, -0.15) is 0 Å². The topological polar surface area (TPSA) is 50.3 Å². The highest BCUT2D eigenvalue weighted by atomic mass is 32.1. The van der Waals surface area contributed by atoms with E-state index in [0.717, 1.165) is 34.4 Å². The smallest absolute Gasteiger partial charge is 0.205 e. The van der Waals surface area contributed by atoms with Crippen LogP contribution in [0.25, 0.3) is 0 Å². The number of anilines is 1. The minimum absolute atomic E-state index is 0.0130. The fourth-order valence-electron chi connectivity index (χ4n) is 3.42.